The topological polar surface area (TPSA) is 294 Å². The Morgan fingerprint density at radius 2 is 0.312 bits per heavy atom. The van der Waals surface area contributed by atoms with Crippen LogP contribution in [0.25, 0.3) is 79.9 Å². The predicted octanol–water partition coefficient (Wildman–Crippen LogP) is 4.33. The van der Waals surface area contributed by atoms with Crippen LogP contribution in [-0.2, 0) is 18.6 Å². The molecule has 0 aromatic carbocycles. The van der Waals surface area contributed by atoms with Crippen LogP contribution in [0.3, 0.4) is 0 Å². The average Bonchev–Trinajstić information content (AvgIpc) is 2.09. The quantitative estimate of drug-likeness (QED) is 0.333. The summed E-state index contributed by atoms with van der Waals surface area (Å²) in [6, 6.07) is 0. The van der Waals surface area contributed by atoms with Crippen LogP contribution in [0.2, 0.25) is 0 Å². The van der Waals surface area contributed by atoms with Crippen molar-refractivity contribution in [1.29, 1.82) is 0 Å². The molecule has 0 saturated carbocycles. The molecule has 0 N–H and O–H groups in total. The Morgan fingerprint density at radius 3 is 0.312 bits per heavy atom. The maximum Gasteiger partial charge on any atom is 5.00 e. The maximum absolute atomic E-state index is 6.75. The molecule has 80 valence electrons. The summed E-state index contributed by atoms with van der Waals surface area (Å²) >= 11 is 0. The van der Waals surface area contributed by atoms with E-state index in [9.17, 15) is 0 Å². The van der Waals surface area contributed by atoms with Gasteiger partial charge in [0, 0.05) is 0 Å². The van der Waals surface area contributed by atoms with Crippen molar-refractivity contribution >= 4 is 0 Å². The smallest absolute Gasteiger partial charge is 0.373 e. The molecule has 0 fully saturated rings. The van der Waals surface area contributed by atoms with Gasteiger partial charge in [-0.05, 0) is 0 Å². The summed E-state index contributed by atoms with van der Waals surface area (Å²) in [4.78, 5) is 7.50. The van der Waals surface area contributed by atoms with Gasteiger partial charge in [0.1, 0.15) is 0 Å². The Morgan fingerprint density at radius 1 is 0.312 bits per heavy atom. The third-order valence-corrected chi connectivity index (χ3v) is 0. The first-order valence-electron chi connectivity index (χ1n) is 2.00. The van der Waals surface area contributed by atoms with Crippen LogP contribution in [0, 0.1) is 0 Å². The molecule has 16 heavy (non-hydrogen) atoms. The normalized spacial score (nSPS) is 2.50. The molecule has 0 saturated heterocycles. The van der Waals surface area contributed by atoms with Gasteiger partial charge in [0.2, 0.25) is 0 Å². The molecule has 15 nitrogen and oxygen atoms in total. The third kappa shape index (κ3) is 139. The number of hydrogen-bond acceptors (Lipinski definition) is 0. The molecule has 0 aliphatic heterocycles. The second-order valence-corrected chi connectivity index (χ2v) is 0.447. The number of rotatable bonds is 0. The molecule has 0 spiro atoms. The van der Waals surface area contributed by atoms with E-state index in [1.165, 1.54) is 24.6 Å². The van der Waals surface area contributed by atoms with Crippen molar-refractivity contribution in [3.05, 3.63) is 79.9 Å². The zero-order valence-electron chi connectivity index (χ0n) is 7.16. The van der Waals surface area contributed by atoms with Gasteiger partial charge in [-0.15, -0.1) is 0 Å². The minimum absolute atomic E-state index is 0. The largest absolute Gasteiger partial charge is 5.00 e. The Balaban J connectivity index is -0.0000000192. The summed E-state index contributed by atoms with van der Waals surface area (Å²) in [6.45, 7) is 0. The fraction of sp³-hybridized carbons (Fsp3) is 0. The van der Waals surface area contributed by atoms with Gasteiger partial charge in [0.15, 0.2) is 0 Å². The predicted molar refractivity (Wildman–Crippen MR) is 50.4 cm³/mol. The van der Waals surface area contributed by atoms with Crippen LogP contribution in [0.5, 0.6) is 0 Å². The van der Waals surface area contributed by atoms with Crippen LogP contribution >= 0.6 is 0 Å². The van der Waals surface area contributed by atoms with Gasteiger partial charge >= 0.3 is 18.6 Å². The van der Waals surface area contributed by atoms with Crippen LogP contribution in [0.4, 0.5) is 0 Å². The molecule has 0 aromatic heterocycles. The van der Waals surface area contributed by atoms with Crippen LogP contribution < -0.4 is 0 Å². The second-order valence-electron chi connectivity index (χ2n) is 0.447. The maximum atomic E-state index is 6.75. The standard InChI is InChI=1S/5N3.V/c5*1-3-2;/q5*-1;+5. The fourth-order valence-corrected chi connectivity index (χ4v) is 0. The summed E-state index contributed by atoms with van der Waals surface area (Å²) in [6.07, 6.45) is 0. The summed E-state index contributed by atoms with van der Waals surface area (Å²) < 4.78 is 0. The molecule has 0 rings (SSSR count). The molecule has 16 heteroatoms. The van der Waals surface area contributed by atoms with Gasteiger partial charge in [-0.3, -0.25) is 24.6 Å². The van der Waals surface area contributed by atoms with E-state index in [1.807, 2.05) is 0 Å². The number of hydrogen-bond donors (Lipinski definition) is 0. The van der Waals surface area contributed by atoms with E-state index in [-0.39, 0.29) is 18.6 Å². The summed E-state index contributed by atoms with van der Waals surface area (Å²) in [5.41, 5.74) is 67.5. The molecule has 0 aromatic rings. The van der Waals surface area contributed by atoms with Gasteiger partial charge in [0.25, 0.3) is 0 Å². The Kier molecular flexibility index (Phi) is 784. The molecule has 0 aliphatic rings. The van der Waals surface area contributed by atoms with Crippen LogP contribution in [-0.4, -0.2) is 0 Å². The van der Waals surface area contributed by atoms with Gasteiger partial charge in [0.05, 0.1) is 0 Å². The molecule has 0 heterocycles. The minimum Gasteiger partial charge on any atom is -0.373 e. The first-order valence-corrected chi connectivity index (χ1v) is 2.00. The first-order chi connectivity index (χ1) is 7.07. The van der Waals surface area contributed by atoms with E-state index in [4.69, 9.17) is 55.3 Å². The van der Waals surface area contributed by atoms with Crippen molar-refractivity contribution in [3.8, 4) is 0 Å². The average molecular weight is 261 g/mol. The van der Waals surface area contributed by atoms with E-state index >= 15 is 0 Å². The summed E-state index contributed by atoms with van der Waals surface area (Å²) in [5.74, 6) is 0. The fourth-order valence-electron chi connectivity index (χ4n) is 0. The Hall–Kier alpha value is -2.87. The first kappa shape index (κ1) is 38.0. The van der Waals surface area contributed by atoms with E-state index in [2.05, 4.69) is 0 Å². The van der Waals surface area contributed by atoms with Gasteiger partial charge in [-0.2, -0.15) is 0 Å². The molecule has 0 radical (unpaired) electrons. The Bertz CT molecular complexity index is 180. The van der Waals surface area contributed by atoms with Crippen LogP contribution in [0.1, 0.15) is 0 Å². The Labute approximate surface area is 99.0 Å². The SMILES string of the molecule is [N-]=[N+]=[N-].[N-]=[N+]=[N-].[N-]=[N+]=[N-].[N-]=[N+]=[N-].[N-]=[N+]=[N-].[V+5]. The van der Waals surface area contributed by atoms with Crippen LogP contribution in [0.15, 0.2) is 0 Å². The minimum atomic E-state index is 0. The molecular formula is N15V. The third-order valence-electron chi connectivity index (χ3n) is 0. The molecule has 0 unspecified atom stereocenters. The number of nitrogens with zero attached hydrogens (tertiary/aromatic N) is 15. The van der Waals surface area contributed by atoms with Crippen molar-refractivity contribution in [2.24, 2.45) is 0 Å². The van der Waals surface area contributed by atoms with Crippen molar-refractivity contribution in [2.45, 2.75) is 0 Å². The van der Waals surface area contributed by atoms with E-state index in [1.54, 1.807) is 0 Å². The molecule has 0 atom stereocenters. The van der Waals surface area contributed by atoms with Gasteiger partial charge in [-0.25, -0.2) is 0 Å². The van der Waals surface area contributed by atoms with Gasteiger partial charge in [-0.1, -0.05) is 0 Å². The summed E-state index contributed by atoms with van der Waals surface area (Å²) in [5, 5.41) is 0. The monoisotopic (exact) mass is 261 g/mol. The molecule has 0 bridgehead atoms. The van der Waals surface area contributed by atoms with Crippen molar-refractivity contribution < 1.29 is 18.6 Å². The molecule has 0 aliphatic carbocycles. The van der Waals surface area contributed by atoms with E-state index in [0.717, 1.165) is 0 Å². The zero-order valence-corrected chi connectivity index (χ0v) is 8.55. The van der Waals surface area contributed by atoms with Gasteiger partial charge < -0.3 is 55.3 Å². The molecule has 0 amide bonds. The van der Waals surface area contributed by atoms with Crippen molar-refractivity contribution in [1.82, 2.24) is 0 Å². The van der Waals surface area contributed by atoms with E-state index < -0.39 is 0 Å². The zero-order chi connectivity index (χ0) is 13.5. The van der Waals surface area contributed by atoms with Crippen molar-refractivity contribution in [3.63, 3.8) is 0 Å². The summed E-state index contributed by atoms with van der Waals surface area (Å²) in [7, 11) is 0. The second kappa shape index (κ2) is 330. The molecular weight excluding hydrogens is 261 g/mol. The van der Waals surface area contributed by atoms with Crippen molar-refractivity contribution in [2.75, 3.05) is 0 Å². The van der Waals surface area contributed by atoms with E-state index in [0.29, 0.717) is 0 Å².